The van der Waals surface area contributed by atoms with Gasteiger partial charge in [0.1, 0.15) is 0 Å². The maximum atomic E-state index is 4.18. The minimum absolute atomic E-state index is 0.881. The zero-order valence-electron chi connectivity index (χ0n) is 7.16. The Morgan fingerprint density at radius 2 is 2.38 bits per heavy atom. The fourth-order valence-corrected chi connectivity index (χ4v) is 1.56. The molecule has 0 radical (unpaired) electrons. The van der Waals surface area contributed by atoms with Gasteiger partial charge in [-0.1, -0.05) is 0 Å². The highest BCUT2D eigenvalue weighted by molar-refractivity contribution is 9.10. The lowest BCUT2D eigenvalue weighted by molar-refractivity contribution is 0.660. The van der Waals surface area contributed by atoms with Gasteiger partial charge >= 0.3 is 0 Å². The zero-order chi connectivity index (χ0) is 9.26. The monoisotopic (exact) mass is 240 g/mol. The standard InChI is InChI=1S/C8H9BrN4/c1-2-13-5-6(3-11-13)8-7(9)4-10-12-8/h3-5H,2H2,1H3,(H,10,12). The molecule has 0 saturated heterocycles. The van der Waals surface area contributed by atoms with Crippen LogP contribution in [-0.4, -0.2) is 20.0 Å². The zero-order valence-corrected chi connectivity index (χ0v) is 8.74. The average Bonchev–Trinajstić information content (AvgIpc) is 2.71. The van der Waals surface area contributed by atoms with Gasteiger partial charge in [0.15, 0.2) is 0 Å². The molecule has 2 heterocycles. The molecule has 2 rings (SSSR count). The highest BCUT2D eigenvalue weighted by atomic mass is 79.9. The van der Waals surface area contributed by atoms with E-state index in [-0.39, 0.29) is 0 Å². The molecule has 0 fully saturated rings. The van der Waals surface area contributed by atoms with Crippen LogP contribution < -0.4 is 0 Å². The molecular formula is C8H9BrN4. The summed E-state index contributed by atoms with van der Waals surface area (Å²) < 4.78 is 2.84. The Labute approximate surface area is 84.1 Å². The number of aromatic nitrogens is 4. The summed E-state index contributed by atoms with van der Waals surface area (Å²) in [4.78, 5) is 0. The highest BCUT2D eigenvalue weighted by Crippen LogP contribution is 2.24. The molecule has 13 heavy (non-hydrogen) atoms. The molecule has 0 saturated carbocycles. The van der Waals surface area contributed by atoms with Crippen molar-refractivity contribution in [3.8, 4) is 11.3 Å². The smallest absolute Gasteiger partial charge is 0.0824 e. The summed E-state index contributed by atoms with van der Waals surface area (Å²) in [6, 6.07) is 0. The van der Waals surface area contributed by atoms with Crippen LogP contribution in [0.2, 0.25) is 0 Å². The first kappa shape index (κ1) is 8.50. The van der Waals surface area contributed by atoms with Crippen LogP contribution in [0.5, 0.6) is 0 Å². The molecule has 0 atom stereocenters. The van der Waals surface area contributed by atoms with E-state index in [0.29, 0.717) is 0 Å². The Balaban J connectivity index is 2.41. The van der Waals surface area contributed by atoms with Crippen LogP contribution in [0.4, 0.5) is 0 Å². The van der Waals surface area contributed by atoms with E-state index in [1.165, 1.54) is 0 Å². The molecule has 0 spiro atoms. The summed E-state index contributed by atoms with van der Waals surface area (Å²) in [6.07, 6.45) is 5.54. The van der Waals surface area contributed by atoms with E-state index in [2.05, 4.69) is 38.1 Å². The third kappa shape index (κ3) is 1.51. The SMILES string of the molecule is CCn1cc(-c2[nH]ncc2Br)cn1. The average molecular weight is 241 g/mol. The second-order valence-corrected chi connectivity index (χ2v) is 3.53. The van der Waals surface area contributed by atoms with Crippen molar-refractivity contribution in [2.24, 2.45) is 0 Å². The van der Waals surface area contributed by atoms with Gasteiger partial charge in [0.05, 0.1) is 22.6 Å². The van der Waals surface area contributed by atoms with Crippen molar-refractivity contribution in [3.05, 3.63) is 23.1 Å². The number of nitrogens with zero attached hydrogens (tertiary/aromatic N) is 3. The minimum Gasteiger partial charge on any atom is -0.277 e. The first-order valence-electron chi connectivity index (χ1n) is 4.03. The van der Waals surface area contributed by atoms with Gasteiger partial charge in [-0.25, -0.2) is 0 Å². The normalized spacial score (nSPS) is 10.6. The van der Waals surface area contributed by atoms with Gasteiger partial charge in [-0.05, 0) is 22.9 Å². The van der Waals surface area contributed by atoms with Crippen LogP contribution >= 0.6 is 15.9 Å². The van der Waals surface area contributed by atoms with Crippen LogP contribution in [0.1, 0.15) is 6.92 Å². The second kappa shape index (κ2) is 3.33. The molecule has 5 heteroatoms. The molecule has 0 bridgehead atoms. The van der Waals surface area contributed by atoms with Gasteiger partial charge < -0.3 is 0 Å². The number of nitrogens with one attached hydrogen (secondary N) is 1. The molecule has 0 aliphatic carbocycles. The number of aromatic amines is 1. The van der Waals surface area contributed by atoms with Crippen molar-refractivity contribution in [1.29, 1.82) is 0 Å². The lowest BCUT2D eigenvalue weighted by Crippen LogP contribution is -1.91. The maximum Gasteiger partial charge on any atom is 0.0824 e. The van der Waals surface area contributed by atoms with Gasteiger partial charge in [-0.2, -0.15) is 10.2 Å². The van der Waals surface area contributed by atoms with Crippen LogP contribution in [0.25, 0.3) is 11.3 Å². The predicted octanol–water partition coefficient (Wildman–Crippen LogP) is 2.06. The lowest BCUT2D eigenvalue weighted by atomic mass is 10.3. The van der Waals surface area contributed by atoms with Crippen LogP contribution in [-0.2, 0) is 6.54 Å². The fourth-order valence-electron chi connectivity index (χ4n) is 1.14. The predicted molar refractivity (Wildman–Crippen MR) is 53.2 cm³/mol. The van der Waals surface area contributed by atoms with Gasteiger partial charge in [0, 0.05) is 18.3 Å². The minimum atomic E-state index is 0.881. The van der Waals surface area contributed by atoms with Gasteiger partial charge in [0.25, 0.3) is 0 Å². The maximum absolute atomic E-state index is 4.18. The molecule has 2 aromatic heterocycles. The Kier molecular flexibility index (Phi) is 2.18. The summed E-state index contributed by atoms with van der Waals surface area (Å²) in [7, 11) is 0. The van der Waals surface area contributed by atoms with Crippen LogP contribution in [0.3, 0.4) is 0 Å². The number of hydrogen-bond acceptors (Lipinski definition) is 2. The molecule has 0 aromatic carbocycles. The van der Waals surface area contributed by atoms with Crippen molar-refractivity contribution < 1.29 is 0 Å². The third-order valence-electron chi connectivity index (χ3n) is 1.84. The summed E-state index contributed by atoms with van der Waals surface area (Å²) in [5.74, 6) is 0. The number of halogens is 1. The van der Waals surface area contributed by atoms with E-state index in [1.807, 2.05) is 17.1 Å². The molecule has 0 unspecified atom stereocenters. The van der Waals surface area contributed by atoms with Crippen LogP contribution in [0.15, 0.2) is 23.1 Å². The number of rotatable bonds is 2. The molecule has 1 N–H and O–H groups in total. The molecule has 0 aliphatic heterocycles. The van der Waals surface area contributed by atoms with Crippen LogP contribution in [0, 0.1) is 0 Å². The Morgan fingerprint density at radius 3 is 2.92 bits per heavy atom. The summed E-state index contributed by atoms with van der Waals surface area (Å²) in [6.45, 7) is 2.94. The lowest BCUT2D eigenvalue weighted by Gasteiger charge is -1.92. The second-order valence-electron chi connectivity index (χ2n) is 2.68. The van der Waals surface area contributed by atoms with E-state index < -0.39 is 0 Å². The Bertz CT molecular complexity index is 404. The number of H-pyrrole nitrogens is 1. The first-order chi connectivity index (χ1) is 6.31. The largest absolute Gasteiger partial charge is 0.277 e. The van der Waals surface area contributed by atoms with E-state index in [4.69, 9.17) is 0 Å². The molecule has 0 amide bonds. The van der Waals surface area contributed by atoms with E-state index in [1.54, 1.807) is 6.20 Å². The summed E-state index contributed by atoms with van der Waals surface area (Å²) >= 11 is 3.40. The fraction of sp³-hybridized carbons (Fsp3) is 0.250. The van der Waals surface area contributed by atoms with E-state index in [9.17, 15) is 0 Å². The van der Waals surface area contributed by atoms with Gasteiger partial charge in [0.2, 0.25) is 0 Å². The first-order valence-corrected chi connectivity index (χ1v) is 4.82. The van der Waals surface area contributed by atoms with Crippen molar-refractivity contribution in [1.82, 2.24) is 20.0 Å². The van der Waals surface area contributed by atoms with Crippen molar-refractivity contribution >= 4 is 15.9 Å². The molecule has 0 aliphatic rings. The van der Waals surface area contributed by atoms with E-state index >= 15 is 0 Å². The molecule has 2 aromatic rings. The van der Waals surface area contributed by atoms with Crippen molar-refractivity contribution in [2.75, 3.05) is 0 Å². The van der Waals surface area contributed by atoms with Gasteiger partial charge in [-0.15, -0.1) is 0 Å². The highest BCUT2D eigenvalue weighted by Gasteiger charge is 2.06. The quantitative estimate of drug-likeness (QED) is 0.874. The number of aryl methyl sites for hydroxylation is 1. The molecule has 4 nitrogen and oxygen atoms in total. The van der Waals surface area contributed by atoms with Crippen molar-refractivity contribution in [2.45, 2.75) is 13.5 Å². The topological polar surface area (TPSA) is 46.5 Å². The Morgan fingerprint density at radius 1 is 1.54 bits per heavy atom. The molecule has 68 valence electrons. The van der Waals surface area contributed by atoms with E-state index in [0.717, 1.165) is 22.3 Å². The molecular weight excluding hydrogens is 232 g/mol. The summed E-state index contributed by atoms with van der Waals surface area (Å²) in [5.41, 5.74) is 2.02. The van der Waals surface area contributed by atoms with Crippen molar-refractivity contribution in [3.63, 3.8) is 0 Å². The van der Waals surface area contributed by atoms with Gasteiger partial charge in [-0.3, -0.25) is 9.78 Å². The summed E-state index contributed by atoms with van der Waals surface area (Å²) in [5, 5.41) is 11.0. The number of hydrogen-bond donors (Lipinski definition) is 1. The Hall–Kier alpha value is -1.10. The third-order valence-corrected chi connectivity index (χ3v) is 2.44.